The molecule has 1 aromatic carbocycles. The summed E-state index contributed by atoms with van der Waals surface area (Å²) in [4.78, 5) is 23.8. The second-order valence-corrected chi connectivity index (χ2v) is 6.80. The molecule has 1 saturated carbocycles. The zero-order chi connectivity index (χ0) is 16.4. The van der Waals surface area contributed by atoms with Crippen molar-refractivity contribution in [2.24, 2.45) is 17.6 Å². The third kappa shape index (κ3) is 3.93. The van der Waals surface area contributed by atoms with Crippen LogP contribution in [-0.2, 0) is 9.59 Å². The summed E-state index contributed by atoms with van der Waals surface area (Å²) >= 11 is 12.0. The van der Waals surface area contributed by atoms with Crippen molar-refractivity contribution in [3.63, 3.8) is 0 Å². The number of halogens is 2. The van der Waals surface area contributed by atoms with E-state index in [0.29, 0.717) is 10.0 Å². The summed E-state index contributed by atoms with van der Waals surface area (Å²) in [5, 5.41) is 3.90. The van der Waals surface area contributed by atoms with Gasteiger partial charge < -0.3 is 11.1 Å². The highest BCUT2D eigenvalue weighted by molar-refractivity contribution is 6.34. The minimum absolute atomic E-state index is 0.0132. The van der Waals surface area contributed by atoms with Gasteiger partial charge in [-0.25, -0.2) is 0 Å². The van der Waals surface area contributed by atoms with E-state index in [1.807, 2.05) is 26.0 Å². The van der Waals surface area contributed by atoms with Crippen molar-refractivity contribution in [1.82, 2.24) is 5.32 Å². The van der Waals surface area contributed by atoms with Crippen LogP contribution in [0.1, 0.15) is 38.2 Å². The molecule has 1 aliphatic carbocycles. The number of amides is 2. The van der Waals surface area contributed by atoms with E-state index in [4.69, 9.17) is 28.9 Å². The molecule has 1 unspecified atom stereocenters. The number of hydrogen-bond acceptors (Lipinski definition) is 2. The summed E-state index contributed by atoms with van der Waals surface area (Å²) in [6.45, 7) is 3.86. The lowest BCUT2D eigenvalue weighted by molar-refractivity contribution is -0.129. The van der Waals surface area contributed by atoms with Crippen molar-refractivity contribution in [2.75, 3.05) is 0 Å². The fourth-order valence-corrected chi connectivity index (χ4v) is 3.18. The molecule has 4 nitrogen and oxygen atoms in total. The summed E-state index contributed by atoms with van der Waals surface area (Å²) < 4.78 is 0. The molecule has 6 heteroatoms. The monoisotopic (exact) mass is 342 g/mol. The molecule has 2 rings (SSSR count). The zero-order valence-electron chi connectivity index (χ0n) is 12.6. The molecule has 1 fully saturated rings. The number of nitrogens with one attached hydrogen (secondary N) is 1. The maximum absolute atomic E-state index is 12.3. The van der Waals surface area contributed by atoms with Gasteiger partial charge in [-0.3, -0.25) is 9.59 Å². The first-order chi connectivity index (χ1) is 10.3. The van der Waals surface area contributed by atoms with Crippen LogP contribution in [0, 0.1) is 11.8 Å². The molecule has 0 heterocycles. The average Bonchev–Trinajstić information content (AvgIpc) is 3.22. The summed E-state index contributed by atoms with van der Waals surface area (Å²) in [6, 6.07) is 4.69. The summed E-state index contributed by atoms with van der Waals surface area (Å²) in [7, 11) is 0. The molecule has 0 aromatic heterocycles. The van der Waals surface area contributed by atoms with Crippen molar-refractivity contribution in [1.29, 1.82) is 0 Å². The van der Waals surface area contributed by atoms with E-state index < -0.39 is 11.9 Å². The lowest BCUT2D eigenvalue weighted by atomic mass is 9.98. The predicted molar refractivity (Wildman–Crippen MR) is 87.9 cm³/mol. The Bertz CT molecular complexity index is 571. The van der Waals surface area contributed by atoms with E-state index in [0.717, 1.165) is 18.4 Å². The Balaban J connectivity index is 2.02. The van der Waals surface area contributed by atoms with Gasteiger partial charge in [-0.2, -0.15) is 0 Å². The van der Waals surface area contributed by atoms with Crippen molar-refractivity contribution >= 4 is 35.0 Å². The van der Waals surface area contributed by atoms with Crippen LogP contribution >= 0.6 is 23.2 Å². The molecule has 2 amide bonds. The molecule has 0 radical (unpaired) electrons. The quantitative estimate of drug-likeness (QED) is 0.833. The minimum Gasteiger partial charge on any atom is -0.368 e. The molecule has 0 bridgehead atoms. The Labute approximate surface area is 140 Å². The Hall–Kier alpha value is -1.26. The predicted octanol–water partition coefficient (Wildman–Crippen LogP) is 3.11. The molecule has 1 aliphatic rings. The van der Waals surface area contributed by atoms with Crippen molar-refractivity contribution in [2.45, 2.75) is 38.6 Å². The molecule has 1 aromatic rings. The van der Waals surface area contributed by atoms with Gasteiger partial charge in [0, 0.05) is 16.0 Å². The van der Waals surface area contributed by atoms with Crippen molar-refractivity contribution in [3.05, 3.63) is 33.8 Å². The highest BCUT2D eigenvalue weighted by Gasteiger charge is 2.45. The van der Waals surface area contributed by atoms with Crippen molar-refractivity contribution in [3.8, 4) is 0 Å². The van der Waals surface area contributed by atoms with Crippen LogP contribution in [-0.4, -0.2) is 17.9 Å². The normalized spacial score (nSPS) is 22.7. The van der Waals surface area contributed by atoms with Gasteiger partial charge in [-0.05, 0) is 42.0 Å². The van der Waals surface area contributed by atoms with E-state index in [9.17, 15) is 9.59 Å². The zero-order valence-corrected chi connectivity index (χ0v) is 14.1. The lowest BCUT2D eigenvalue weighted by Gasteiger charge is -2.21. The van der Waals surface area contributed by atoms with Crippen LogP contribution in [0.15, 0.2) is 18.2 Å². The van der Waals surface area contributed by atoms with E-state index >= 15 is 0 Å². The molecule has 22 heavy (non-hydrogen) atoms. The van der Waals surface area contributed by atoms with Crippen LogP contribution < -0.4 is 11.1 Å². The van der Waals surface area contributed by atoms with Gasteiger partial charge in [0.15, 0.2) is 0 Å². The molecule has 0 saturated heterocycles. The Morgan fingerprint density at radius 3 is 2.41 bits per heavy atom. The van der Waals surface area contributed by atoms with E-state index in [2.05, 4.69) is 5.32 Å². The Morgan fingerprint density at radius 2 is 1.91 bits per heavy atom. The third-order valence-electron chi connectivity index (χ3n) is 4.26. The number of hydrogen-bond donors (Lipinski definition) is 2. The van der Waals surface area contributed by atoms with E-state index in [-0.39, 0.29) is 23.7 Å². The van der Waals surface area contributed by atoms with Gasteiger partial charge in [-0.15, -0.1) is 0 Å². The standard InChI is InChI=1S/C16H20Cl2N2O2/c1-3-8(2)14(15(19)21)20-16(22)13-7-12(13)9-4-10(17)6-11(18)5-9/h4-6,8,12-14H,3,7H2,1-2H3,(H2,19,21)(H,20,22)/t8?,12-,13-,14+/m1/s1. The number of carbonyl (C=O) groups is 2. The van der Waals surface area contributed by atoms with Gasteiger partial charge in [-0.1, -0.05) is 43.5 Å². The van der Waals surface area contributed by atoms with Gasteiger partial charge in [0.05, 0.1) is 0 Å². The Morgan fingerprint density at radius 1 is 1.32 bits per heavy atom. The molecular weight excluding hydrogens is 323 g/mol. The van der Waals surface area contributed by atoms with E-state index in [1.165, 1.54) is 0 Å². The maximum Gasteiger partial charge on any atom is 0.240 e. The van der Waals surface area contributed by atoms with Crippen LogP contribution in [0.2, 0.25) is 10.0 Å². The number of rotatable bonds is 6. The fraction of sp³-hybridized carbons (Fsp3) is 0.500. The first kappa shape index (κ1) is 17.1. The molecule has 120 valence electrons. The molecular formula is C16H20Cl2N2O2. The number of nitrogens with two attached hydrogens (primary N) is 1. The van der Waals surface area contributed by atoms with E-state index in [1.54, 1.807) is 6.07 Å². The first-order valence-corrected chi connectivity index (χ1v) is 8.14. The highest BCUT2D eigenvalue weighted by Crippen LogP contribution is 2.48. The van der Waals surface area contributed by atoms with Crippen LogP contribution in [0.4, 0.5) is 0 Å². The highest BCUT2D eigenvalue weighted by atomic mass is 35.5. The number of benzene rings is 1. The van der Waals surface area contributed by atoms with Gasteiger partial charge >= 0.3 is 0 Å². The molecule has 0 spiro atoms. The molecule has 0 aliphatic heterocycles. The van der Waals surface area contributed by atoms with Crippen LogP contribution in [0.3, 0.4) is 0 Å². The second kappa shape index (κ2) is 6.88. The topological polar surface area (TPSA) is 72.2 Å². The van der Waals surface area contributed by atoms with Gasteiger partial charge in [0.1, 0.15) is 6.04 Å². The largest absolute Gasteiger partial charge is 0.368 e. The average molecular weight is 343 g/mol. The smallest absolute Gasteiger partial charge is 0.240 e. The molecule has 3 N–H and O–H groups in total. The number of carbonyl (C=O) groups excluding carboxylic acids is 2. The Kier molecular flexibility index (Phi) is 5.35. The SMILES string of the molecule is CCC(C)[C@H](NC(=O)[C@@H]1C[C@@H]1c1cc(Cl)cc(Cl)c1)C(N)=O. The minimum atomic E-state index is -0.623. The third-order valence-corrected chi connectivity index (χ3v) is 4.69. The number of primary amides is 1. The van der Waals surface area contributed by atoms with Crippen molar-refractivity contribution < 1.29 is 9.59 Å². The van der Waals surface area contributed by atoms with Gasteiger partial charge in [0.2, 0.25) is 11.8 Å². The van der Waals surface area contributed by atoms with Gasteiger partial charge in [0.25, 0.3) is 0 Å². The first-order valence-electron chi connectivity index (χ1n) is 7.39. The summed E-state index contributed by atoms with van der Waals surface area (Å²) in [5.74, 6) is -0.669. The maximum atomic E-state index is 12.3. The fourth-order valence-electron chi connectivity index (χ4n) is 2.63. The summed E-state index contributed by atoms with van der Waals surface area (Å²) in [6.07, 6.45) is 1.50. The lowest BCUT2D eigenvalue weighted by Crippen LogP contribution is -2.48. The second-order valence-electron chi connectivity index (χ2n) is 5.93. The summed E-state index contributed by atoms with van der Waals surface area (Å²) in [5.41, 5.74) is 6.33. The van der Waals surface area contributed by atoms with Crippen LogP contribution in [0.25, 0.3) is 0 Å². The van der Waals surface area contributed by atoms with Crippen LogP contribution in [0.5, 0.6) is 0 Å². The molecule has 4 atom stereocenters.